The Labute approximate surface area is 108 Å². The Morgan fingerprint density at radius 3 is 2.33 bits per heavy atom. The van der Waals surface area contributed by atoms with Crippen LogP contribution in [-0.2, 0) is 15.9 Å². The fourth-order valence-electron chi connectivity index (χ4n) is 3.72. The second kappa shape index (κ2) is 4.00. The number of halogens is 1. The zero-order valence-corrected chi connectivity index (χ0v) is 11.0. The molecule has 1 amide bonds. The van der Waals surface area contributed by atoms with E-state index in [4.69, 9.17) is 0 Å². The summed E-state index contributed by atoms with van der Waals surface area (Å²) in [6, 6.07) is 0. The maximum atomic E-state index is 13.4. The second-order valence-corrected chi connectivity index (χ2v) is 7.11. The topological polar surface area (TPSA) is 60.4 Å². The molecular formula is C12H17FNO3S-. The molecule has 0 aromatic heterocycles. The minimum absolute atomic E-state index is 0.101. The third-order valence-corrected chi connectivity index (χ3v) is 5.44. The van der Waals surface area contributed by atoms with Crippen LogP contribution in [0.3, 0.4) is 0 Å². The van der Waals surface area contributed by atoms with Crippen molar-refractivity contribution in [1.29, 1.82) is 0 Å². The summed E-state index contributed by atoms with van der Waals surface area (Å²) in [5, 5.41) is 0. The van der Waals surface area contributed by atoms with Gasteiger partial charge in [0, 0.05) is 18.8 Å². The largest absolute Gasteiger partial charge is 0.772 e. The molecule has 4 fully saturated rings. The van der Waals surface area contributed by atoms with E-state index in [2.05, 4.69) is 0 Å². The van der Waals surface area contributed by atoms with Crippen LogP contribution in [0, 0.1) is 11.3 Å². The number of alkyl halides is 1. The van der Waals surface area contributed by atoms with E-state index >= 15 is 0 Å². The van der Waals surface area contributed by atoms with Gasteiger partial charge in [0.2, 0.25) is 5.91 Å². The summed E-state index contributed by atoms with van der Waals surface area (Å²) < 4.78 is 34.6. The van der Waals surface area contributed by atoms with Gasteiger partial charge in [-0.15, -0.1) is 0 Å². The number of hydrogen-bond acceptors (Lipinski definition) is 3. The van der Waals surface area contributed by atoms with Gasteiger partial charge in [0.05, 0.1) is 5.41 Å². The minimum Gasteiger partial charge on any atom is -0.772 e. The second-order valence-electron chi connectivity index (χ2n) is 6.17. The highest BCUT2D eigenvalue weighted by Gasteiger charge is 2.73. The van der Waals surface area contributed by atoms with E-state index in [1.54, 1.807) is 0 Å². The van der Waals surface area contributed by atoms with E-state index in [0.717, 1.165) is 12.8 Å². The van der Waals surface area contributed by atoms with Crippen molar-refractivity contribution in [3.63, 3.8) is 0 Å². The van der Waals surface area contributed by atoms with Crippen molar-refractivity contribution < 1.29 is 17.9 Å². The van der Waals surface area contributed by atoms with Crippen molar-refractivity contribution in [1.82, 2.24) is 4.90 Å². The number of amides is 1. The highest BCUT2D eigenvalue weighted by atomic mass is 32.2. The summed E-state index contributed by atoms with van der Waals surface area (Å²) in [4.78, 5) is 14.1. The van der Waals surface area contributed by atoms with Crippen molar-refractivity contribution in [3.8, 4) is 0 Å². The molecule has 4 aliphatic rings. The van der Waals surface area contributed by atoms with Crippen LogP contribution in [0.25, 0.3) is 0 Å². The molecule has 0 aromatic carbocycles. The molecule has 0 N–H and O–H groups in total. The maximum Gasteiger partial charge on any atom is 0.229 e. The molecule has 1 aliphatic heterocycles. The van der Waals surface area contributed by atoms with Crippen molar-refractivity contribution >= 4 is 17.0 Å². The molecule has 0 aromatic rings. The molecule has 6 heteroatoms. The number of rotatable bonds is 3. The van der Waals surface area contributed by atoms with Crippen LogP contribution in [0.5, 0.6) is 0 Å². The molecule has 102 valence electrons. The molecule has 1 heterocycles. The standard InChI is InChI=1S/C12H18FNO3S/c13-12-6-11(7-12,8-12)10(15)14-3-1-9(2-4-14)5-18(16)17/h9H,1-8H2,(H,16,17)/p-1. The first-order valence-electron chi connectivity index (χ1n) is 6.47. The van der Waals surface area contributed by atoms with Gasteiger partial charge in [-0.05, 0) is 38.0 Å². The quantitative estimate of drug-likeness (QED) is 0.721. The Hall–Kier alpha value is -0.490. The summed E-state index contributed by atoms with van der Waals surface area (Å²) in [5.41, 5.74) is -1.42. The summed E-state index contributed by atoms with van der Waals surface area (Å²) >= 11 is -1.99. The SMILES string of the molecule is O=C(N1CCC(CS(=O)[O-])CC1)C12CC(F)(C1)C2. The van der Waals surface area contributed by atoms with E-state index in [1.165, 1.54) is 0 Å². The van der Waals surface area contributed by atoms with Crippen molar-refractivity contribution in [3.05, 3.63) is 0 Å². The van der Waals surface area contributed by atoms with Crippen LogP contribution in [0.2, 0.25) is 0 Å². The molecule has 1 saturated heterocycles. The van der Waals surface area contributed by atoms with Gasteiger partial charge in [-0.1, -0.05) is 11.1 Å². The lowest BCUT2D eigenvalue weighted by Gasteiger charge is -2.65. The highest BCUT2D eigenvalue weighted by Crippen LogP contribution is 2.70. The van der Waals surface area contributed by atoms with Crippen LogP contribution in [0.1, 0.15) is 32.1 Å². The predicted molar refractivity (Wildman–Crippen MR) is 63.2 cm³/mol. The van der Waals surface area contributed by atoms with E-state index < -0.39 is 16.7 Å². The molecule has 18 heavy (non-hydrogen) atoms. The number of likely N-dealkylation sites (tertiary alicyclic amines) is 1. The lowest BCUT2D eigenvalue weighted by molar-refractivity contribution is -0.222. The Morgan fingerprint density at radius 2 is 1.89 bits per heavy atom. The summed E-state index contributed by atoms with van der Waals surface area (Å²) in [7, 11) is 0. The summed E-state index contributed by atoms with van der Waals surface area (Å²) in [5.74, 6) is 0.470. The zero-order valence-electron chi connectivity index (χ0n) is 10.2. The Balaban J connectivity index is 1.51. The first-order chi connectivity index (χ1) is 8.42. The Morgan fingerprint density at radius 1 is 1.33 bits per heavy atom. The van der Waals surface area contributed by atoms with Crippen molar-refractivity contribution in [2.24, 2.45) is 11.3 Å². The summed E-state index contributed by atoms with van der Waals surface area (Å²) in [6.07, 6.45) is 2.71. The van der Waals surface area contributed by atoms with Gasteiger partial charge in [0.15, 0.2) is 0 Å². The first kappa shape index (κ1) is 12.5. The molecule has 4 rings (SSSR count). The lowest BCUT2D eigenvalue weighted by Crippen LogP contribution is -2.70. The fourth-order valence-corrected chi connectivity index (χ4v) is 4.44. The van der Waals surface area contributed by atoms with E-state index in [0.29, 0.717) is 32.4 Å². The molecular weight excluding hydrogens is 257 g/mol. The van der Waals surface area contributed by atoms with Gasteiger partial charge in [0.1, 0.15) is 5.67 Å². The number of nitrogens with zero attached hydrogens (tertiary/aromatic N) is 1. The van der Waals surface area contributed by atoms with Gasteiger partial charge < -0.3 is 9.45 Å². The van der Waals surface area contributed by atoms with E-state index in [9.17, 15) is 17.9 Å². The van der Waals surface area contributed by atoms with Crippen LogP contribution >= 0.6 is 0 Å². The fraction of sp³-hybridized carbons (Fsp3) is 0.917. The number of carbonyl (C=O) groups excluding carboxylic acids is 1. The molecule has 1 unspecified atom stereocenters. The third kappa shape index (κ3) is 1.90. The highest BCUT2D eigenvalue weighted by molar-refractivity contribution is 7.79. The van der Waals surface area contributed by atoms with E-state index in [-0.39, 0.29) is 23.0 Å². The smallest absolute Gasteiger partial charge is 0.229 e. The van der Waals surface area contributed by atoms with Gasteiger partial charge in [0.25, 0.3) is 0 Å². The zero-order chi connectivity index (χ0) is 13.0. The monoisotopic (exact) mass is 274 g/mol. The first-order valence-corrected chi connectivity index (χ1v) is 7.71. The van der Waals surface area contributed by atoms with Crippen LogP contribution < -0.4 is 0 Å². The normalized spacial score (nSPS) is 40.9. The number of hydrogen-bond donors (Lipinski definition) is 0. The Bertz CT molecular complexity index is 386. The summed E-state index contributed by atoms with van der Waals surface area (Å²) in [6.45, 7) is 1.25. The van der Waals surface area contributed by atoms with Gasteiger partial charge in [-0.2, -0.15) is 0 Å². The molecule has 0 radical (unpaired) electrons. The molecule has 0 spiro atoms. The minimum atomic E-state index is -1.99. The van der Waals surface area contributed by atoms with Crippen LogP contribution in [0.15, 0.2) is 0 Å². The molecule has 1 atom stereocenters. The van der Waals surface area contributed by atoms with Gasteiger partial charge in [-0.3, -0.25) is 9.00 Å². The maximum absolute atomic E-state index is 13.4. The number of carbonyl (C=O) groups is 1. The third-order valence-electron chi connectivity index (χ3n) is 4.69. The average molecular weight is 274 g/mol. The molecule has 3 saturated carbocycles. The van der Waals surface area contributed by atoms with Crippen molar-refractivity contribution in [2.45, 2.75) is 37.8 Å². The van der Waals surface area contributed by atoms with Gasteiger partial charge >= 0.3 is 0 Å². The number of piperidine rings is 1. The Kier molecular flexibility index (Phi) is 2.79. The predicted octanol–water partition coefficient (Wildman–Crippen LogP) is 0.996. The van der Waals surface area contributed by atoms with E-state index in [1.807, 2.05) is 4.90 Å². The van der Waals surface area contributed by atoms with Crippen molar-refractivity contribution in [2.75, 3.05) is 18.8 Å². The average Bonchev–Trinajstić information content (AvgIpc) is 2.23. The molecule has 4 nitrogen and oxygen atoms in total. The van der Waals surface area contributed by atoms with Crippen LogP contribution in [0.4, 0.5) is 4.39 Å². The van der Waals surface area contributed by atoms with Gasteiger partial charge in [-0.25, -0.2) is 4.39 Å². The molecule has 2 bridgehead atoms. The van der Waals surface area contributed by atoms with Crippen LogP contribution in [-0.4, -0.2) is 44.1 Å². The lowest BCUT2D eigenvalue weighted by atomic mass is 9.42. The molecule has 3 aliphatic carbocycles.